The van der Waals surface area contributed by atoms with Crippen molar-refractivity contribution in [1.82, 2.24) is 14.7 Å². The van der Waals surface area contributed by atoms with Crippen LogP contribution in [0.3, 0.4) is 0 Å². The highest BCUT2D eigenvalue weighted by atomic mass is 16.4. The number of carboxylic acids is 1. The van der Waals surface area contributed by atoms with Crippen LogP contribution in [-0.4, -0.2) is 38.8 Å². The number of carbonyl (C=O) groups is 1. The first-order chi connectivity index (χ1) is 12.5. The van der Waals surface area contributed by atoms with Gasteiger partial charge in [-0.05, 0) is 57.2 Å². The molecule has 3 rings (SSSR count). The first-order valence-electron chi connectivity index (χ1n) is 9.51. The van der Waals surface area contributed by atoms with E-state index in [1.54, 1.807) is 0 Å². The maximum Gasteiger partial charge on any atom is 0.307 e. The van der Waals surface area contributed by atoms with Crippen molar-refractivity contribution in [3.63, 3.8) is 0 Å². The van der Waals surface area contributed by atoms with Gasteiger partial charge in [0.25, 0.3) is 0 Å². The average molecular weight is 355 g/mol. The fourth-order valence-corrected chi connectivity index (χ4v) is 4.02. The monoisotopic (exact) mass is 355 g/mol. The van der Waals surface area contributed by atoms with E-state index in [2.05, 4.69) is 47.6 Å². The highest BCUT2D eigenvalue weighted by Gasteiger charge is 2.24. The number of nitrogens with zero attached hydrogens (tertiary/aromatic N) is 3. The Hall–Kier alpha value is -2.14. The summed E-state index contributed by atoms with van der Waals surface area (Å²) in [7, 11) is 0. The van der Waals surface area contributed by atoms with Gasteiger partial charge < -0.3 is 5.11 Å². The largest absolute Gasteiger partial charge is 0.481 e. The van der Waals surface area contributed by atoms with Crippen LogP contribution >= 0.6 is 0 Å². The van der Waals surface area contributed by atoms with Gasteiger partial charge in [-0.1, -0.05) is 24.3 Å². The predicted octanol–water partition coefficient (Wildman–Crippen LogP) is 3.21. The molecular formula is C21H29N3O2. The van der Waals surface area contributed by atoms with E-state index in [-0.39, 0.29) is 6.42 Å². The fourth-order valence-electron chi connectivity index (χ4n) is 4.02. The molecule has 0 radical (unpaired) electrons. The Morgan fingerprint density at radius 2 is 1.92 bits per heavy atom. The van der Waals surface area contributed by atoms with E-state index in [0.29, 0.717) is 5.92 Å². The number of hydrogen-bond acceptors (Lipinski definition) is 3. The van der Waals surface area contributed by atoms with Crippen molar-refractivity contribution in [1.29, 1.82) is 0 Å². The van der Waals surface area contributed by atoms with Crippen molar-refractivity contribution in [2.75, 3.05) is 13.1 Å². The van der Waals surface area contributed by atoms with Crippen LogP contribution in [0.5, 0.6) is 0 Å². The van der Waals surface area contributed by atoms with Crippen molar-refractivity contribution in [2.45, 2.75) is 53.1 Å². The molecule has 1 aliphatic heterocycles. The minimum absolute atomic E-state index is 0.0988. The minimum atomic E-state index is -0.777. The molecule has 0 amide bonds. The topological polar surface area (TPSA) is 58.4 Å². The molecule has 26 heavy (non-hydrogen) atoms. The number of likely N-dealkylation sites (tertiary alicyclic amines) is 1. The lowest BCUT2D eigenvalue weighted by atomic mass is 9.97. The maximum absolute atomic E-state index is 10.8. The van der Waals surface area contributed by atoms with Gasteiger partial charge in [0.1, 0.15) is 0 Å². The molecule has 0 spiro atoms. The summed E-state index contributed by atoms with van der Waals surface area (Å²) in [5.74, 6) is -0.108. The second-order valence-electron chi connectivity index (χ2n) is 7.45. The molecule has 1 aromatic heterocycles. The van der Waals surface area contributed by atoms with Crippen molar-refractivity contribution in [2.24, 2.45) is 5.92 Å². The summed E-state index contributed by atoms with van der Waals surface area (Å²) in [6, 6.07) is 8.06. The molecule has 2 aromatic rings. The third-order valence-corrected chi connectivity index (χ3v) is 5.49. The Morgan fingerprint density at radius 3 is 2.54 bits per heavy atom. The van der Waals surface area contributed by atoms with E-state index >= 15 is 0 Å². The van der Waals surface area contributed by atoms with Crippen LogP contribution in [0.4, 0.5) is 0 Å². The SMILES string of the molecule is CCn1nc(C)c(CN2CCC(Cc3ccc(CC(=O)O)cc3)C2)c1C. The summed E-state index contributed by atoms with van der Waals surface area (Å²) in [5.41, 5.74) is 6.00. The number of hydrogen-bond donors (Lipinski definition) is 1. The lowest BCUT2D eigenvalue weighted by Crippen LogP contribution is -2.21. The number of aryl methyl sites for hydroxylation is 2. The molecule has 1 N–H and O–H groups in total. The van der Waals surface area contributed by atoms with Crippen molar-refractivity contribution < 1.29 is 9.90 Å². The molecule has 1 unspecified atom stereocenters. The average Bonchev–Trinajstić information content (AvgIpc) is 3.15. The van der Waals surface area contributed by atoms with Crippen LogP contribution in [0, 0.1) is 19.8 Å². The van der Waals surface area contributed by atoms with Gasteiger partial charge >= 0.3 is 5.97 Å². The van der Waals surface area contributed by atoms with Crippen LogP contribution in [0.15, 0.2) is 24.3 Å². The van der Waals surface area contributed by atoms with Crippen molar-refractivity contribution in [3.05, 3.63) is 52.3 Å². The molecule has 1 saturated heterocycles. The second kappa shape index (κ2) is 8.04. The maximum atomic E-state index is 10.8. The lowest BCUT2D eigenvalue weighted by Gasteiger charge is -2.16. The molecule has 0 bridgehead atoms. The molecule has 1 aliphatic rings. The number of rotatable bonds is 7. The van der Waals surface area contributed by atoms with Gasteiger partial charge in [0.15, 0.2) is 0 Å². The summed E-state index contributed by atoms with van der Waals surface area (Å²) < 4.78 is 2.09. The summed E-state index contributed by atoms with van der Waals surface area (Å²) in [6.45, 7) is 10.6. The molecule has 1 atom stereocenters. The van der Waals surface area contributed by atoms with Crippen LogP contribution in [0.25, 0.3) is 0 Å². The van der Waals surface area contributed by atoms with Crippen LogP contribution < -0.4 is 0 Å². The van der Waals surface area contributed by atoms with Gasteiger partial charge in [-0.25, -0.2) is 0 Å². The van der Waals surface area contributed by atoms with Gasteiger partial charge in [-0.3, -0.25) is 14.4 Å². The Bertz CT molecular complexity index is 764. The van der Waals surface area contributed by atoms with Crippen LogP contribution in [-0.2, 0) is 30.7 Å². The quantitative estimate of drug-likeness (QED) is 0.828. The van der Waals surface area contributed by atoms with Crippen LogP contribution in [0.2, 0.25) is 0 Å². The number of benzene rings is 1. The van der Waals surface area contributed by atoms with Gasteiger partial charge in [-0.15, -0.1) is 0 Å². The van der Waals surface area contributed by atoms with Gasteiger partial charge in [0.2, 0.25) is 0 Å². The molecule has 5 heteroatoms. The molecule has 0 saturated carbocycles. The molecule has 0 aliphatic carbocycles. The van der Waals surface area contributed by atoms with Crippen LogP contribution in [0.1, 0.15) is 41.4 Å². The standard InChI is InChI=1S/C21H29N3O2/c1-4-24-16(3)20(15(2)22-24)14-23-10-9-19(13-23)11-17-5-7-18(8-6-17)12-21(25)26/h5-8,19H,4,9-14H2,1-3H3,(H,25,26). The van der Waals surface area contributed by atoms with E-state index in [1.165, 1.54) is 23.2 Å². The Kier molecular flexibility index (Phi) is 5.77. The van der Waals surface area contributed by atoms with Crippen molar-refractivity contribution >= 4 is 5.97 Å². The number of carboxylic acid groups (broad SMARTS) is 1. The zero-order valence-electron chi connectivity index (χ0n) is 16.0. The van der Waals surface area contributed by atoms with E-state index in [4.69, 9.17) is 5.11 Å². The molecular weight excluding hydrogens is 326 g/mol. The first kappa shape index (κ1) is 18.6. The second-order valence-corrected chi connectivity index (χ2v) is 7.45. The summed E-state index contributed by atoms with van der Waals surface area (Å²) >= 11 is 0. The van der Waals surface area contributed by atoms with Gasteiger partial charge in [0.05, 0.1) is 12.1 Å². The zero-order valence-corrected chi connectivity index (χ0v) is 16.0. The van der Waals surface area contributed by atoms with Gasteiger partial charge in [0, 0.05) is 30.9 Å². The third kappa shape index (κ3) is 4.33. The number of aromatic nitrogens is 2. The molecule has 1 aromatic carbocycles. The molecule has 1 fully saturated rings. The van der Waals surface area contributed by atoms with E-state index in [0.717, 1.165) is 43.9 Å². The summed E-state index contributed by atoms with van der Waals surface area (Å²) in [4.78, 5) is 13.3. The summed E-state index contributed by atoms with van der Waals surface area (Å²) in [6.07, 6.45) is 2.38. The van der Waals surface area contributed by atoms with E-state index in [9.17, 15) is 4.79 Å². The highest BCUT2D eigenvalue weighted by molar-refractivity contribution is 5.70. The Balaban J connectivity index is 1.56. The smallest absolute Gasteiger partial charge is 0.307 e. The normalized spacial score (nSPS) is 17.7. The molecule has 140 valence electrons. The fraction of sp³-hybridized carbons (Fsp3) is 0.524. The predicted molar refractivity (Wildman–Crippen MR) is 102 cm³/mol. The zero-order chi connectivity index (χ0) is 18.7. The third-order valence-electron chi connectivity index (χ3n) is 5.49. The van der Waals surface area contributed by atoms with Crippen molar-refractivity contribution in [3.8, 4) is 0 Å². The van der Waals surface area contributed by atoms with Gasteiger partial charge in [-0.2, -0.15) is 5.10 Å². The Morgan fingerprint density at radius 1 is 1.23 bits per heavy atom. The highest BCUT2D eigenvalue weighted by Crippen LogP contribution is 2.24. The van der Waals surface area contributed by atoms with E-state index < -0.39 is 5.97 Å². The van der Waals surface area contributed by atoms with E-state index in [1.807, 2.05) is 12.1 Å². The first-order valence-corrected chi connectivity index (χ1v) is 9.51. The lowest BCUT2D eigenvalue weighted by molar-refractivity contribution is -0.136. The number of aliphatic carboxylic acids is 1. The Labute approximate surface area is 155 Å². The molecule has 5 nitrogen and oxygen atoms in total. The summed E-state index contributed by atoms with van der Waals surface area (Å²) in [5, 5.41) is 13.5. The molecule has 2 heterocycles. The minimum Gasteiger partial charge on any atom is -0.481 e.